The van der Waals surface area contributed by atoms with Crippen molar-refractivity contribution in [2.75, 3.05) is 0 Å². The topological polar surface area (TPSA) is 26.3 Å². The number of rotatable bonds is 3. The van der Waals surface area contributed by atoms with Gasteiger partial charge in [-0.1, -0.05) is 38.5 Å². The van der Waals surface area contributed by atoms with Gasteiger partial charge in [-0.15, -0.1) is 0 Å². The van der Waals surface area contributed by atoms with Crippen LogP contribution in [0.5, 0.6) is 0 Å². The SMILES string of the molecule is O=P(OCl)(C1CCCCC1)C1CCCCC1. The highest BCUT2D eigenvalue weighted by atomic mass is 35.5. The maximum absolute atomic E-state index is 12.9. The van der Waals surface area contributed by atoms with Crippen molar-refractivity contribution in [2.45, 2.75) is 75.5 Å². The lowest BCUT2D eigenvalue weighted by atomic mass is 10.00. The Morgan fingerprint density at radius 2 is 1.19 bits per heavy atom. The van der Waals surface area contributed by atoms with Crippen LogP contribution in [-0.2, 0) is 8.64 Å². The summed E-state index contributed by atoms with van der Waals surface area (Å²) in [6, 6.07) is 0. The molecule has 2 fully saturated rings. The summed E-state index contributed by atoms with van der Waals surface area (Å²) in [5, 5.41) is 0. The van der Waals surface area contributed by atoms with Crippen molar-refractivity contribution in [3.63, 3.8) is 0 Å². The van der Waals surface area contributed by atoms with Crippen molar-refractivity contribution >= 4 is 19.2 Å². The molecule has 0 radical (unpaired) electrons. The second kappa shape index (κ2) is 5.89. The van der Waals surface area contributed by atoms with Gasteiger partial charge < -0.3 is 0 Å². The van der Waals surface area contributed by atoms with Gasteiger partial charge in [0.2, 0.25) is 7.37 Å². The van der Waals surface area contributed by atoms with Crippen LogP contribution in [0.15, 0.2) is 0 Å². The minimum Gasteiger partial charge on any atom is -0.291 e. The Balaban J connectivity index is 2.06. The number of hydrogen-bond acceptors (Lipinski definition) is 2. The van der Waals surface area contributed by atoms with Crippen LogP contribution in [0, 0.1) is 0 Å². The lowest BCUT2D eigenvalue weighted by Gasteiger charge is -2.35. The highest BCUT2D eigenvalue weighted by Crippen LogP contribution is 2.64. The molecular weight excluding hydrogens is 243 g/mol. The molecule has 0 aromatic rings. The summed E-state index contributed by atoms with van der Waals surface area (Å²) in [5.74, 6) is 0. The highest BCUT2D eigenvalue weighted by Gasteiger charge is 2.42. The van der Waals surface area contributed by atoms with Gasteiger partial charge in [0, 0.05) is 11.3 Å². The molecule has 0 unspecified atom stereocenters. The third-order valence-electron chi connectivity index (χ3n) is 4.28. The first-order valence-electron chi connectivity index (χ1n) is 6.67. The van der Waals surface area contributed by atoms with E-state index in [1.807, 2.05) is 0 Å². The van der Waals surface area contributed by atoms with E-state index in [9.17, 15) is 4.57 Å². The fourth-order valence-electron chi connectivity index (χ4n) is 3.29. The molecule has 2 aliphatic carbocycles. The molecule has 0 heterocycles. The van der Waals surface area contributed by atoms with Crippen molar-refractivity contribution in [3.05, 3.63) is 0 Å². The van der Waals surface area contributed by atoms with E-state index in [0.29, 0.717) is 0 Å². The van der Waals surface area contributed by atoms with Crippen LogP contribution >= 0.6 is 19.2 Å². The van der Waals surface area contributed by atoms with Gasteiger partial charge in [-0.25, -0.2) is 4.08 Å². The summed E-state index contributed by atoms with van der Waals surface area (Å²) in [7, 11) is -2.59. The van der Waals surface area contributed by atoms with Crippen LogP contribution in [0.1, 0.15) is 64.2 Å². The van der Waals surface area contributed by atoms with E-state index in [1.165, 1.54) is 38.5 Å². The molecule has 0 aromatic heterocycles. The first kappa shape index (κ1) is 12.9. The van der Waals surface area contributed by atoms with Crippen LogP contribution in [0.3, 0.4) is 0 Å². The van der Waals surface area contributed by atoms with Crippen molar-refractivity contribution in [2.24, 2.45) is 0 Å². The van der Waals surface area contributed by atoms with E-state index >= 15 is 0 Å². The van der Waals surface area contributed by atoms with Crippen LogP contribution < -0.4 is 0 Å². The van der Waals surface area contributed by atoms with Crippen LogP contribution in [0.25, 0.3) is 0 Å². The van der Waals surface area contributed by atoms with Gasteiger partial charge in [0.05, 0.1) is 11.9 Å². The fraction of sp³-hybridized carbons (Fsp3) is 1.00. The van der Waals surface area contributed by atoms with E-state index in [2.05, 4.69) is 0 Å². The molecule has 0 atom stereocenters. The highest BCUT2D eigenvalue weighted by molar-refractivity contribution is 7.61. The van der Waals surface area contributed by atoms with Gasteiger partial charge in [0.15, 0.2) is 0 Å². The third-order valence-corrected chi connectivity index (χ3v) is 8.21. The summed E-state index contributed by atoms with van der Waals surface area (Å²) in [6.07, 6.45) is 11.6. The first-order valence-corrected chi connectivity index (χ1v) is 8.74. The number of hydrogen-bond donors (Lipinski definition) is 0. The van der Waals surface area contributed by atoms with Crippen molar-refractivity contribution in [3.8, 4) is 0 Å². The lowest BCUT2D eigenvalue weighted by molar-refractivity contribution is 0.400. The van der Waals surface area contributed by atoms with Crippen molar-refractivity contribution in [1.29, 1.82) is 0 Å². The first-order chi connectivity index (χ1) is 7.77. The van der Waals surface area contributed by atoms with Gasteiger partial charge in [0.25, 0.3) is 0 Å². The Morgan fingerprint density at radius 3 is 1.50 bits per heavy atom. The van der Waals surface area contributed by atoms with E-state index in [1.54, 1.807) is 0 Å². The molecule has 4 heteroatoms. The monoisotopic (exact) mass is 264 g/mol. The predicted octanol–water partition coefficient (Wildman–Crippen LogP) is 5.10. The van der Waals surface area contributed by atoms with E-state index < -0.39 is 7.37 Å². The molecule has 0 saturated heterocycles. The maximum atomic E-state index is 12.9. The predicted molar refractivity (Wildman–Crippen MR) is 68.3 cm³/mol. The fourth-order valence-corrected chi connectivity index (χ4v) is 6.96. The molecule has 94 valence electrons. The molecule has 0 N–H and O–H groups in total. The minimum atomic E-state index is -2.59. The average molecular weight is 265 g/mol. The van der Waals surface area contributed by atoms with Gasteiger partial charge in [-0.3, -0.25) is 4.57 Å². The van der Waals surface area contributed by atoms with E-state index in [4.69, 9.17) is 15.9 Å². The Labute approximate surface area is 104 Å². The van der Waals surface area contributed by atoms with Crippen molar-refractivity contribution < 1.29 is 8.64 Å². The lowest BCUT2D eigenvalue weighted by Crippen LogP contribution is -2.23. The molecule has 0 spiro atoms. The molecule has 2 saturated carbocycles. The molecule has 2 rings (SSSR count). The van der Waals surface area contributed by atoms with E-state index in [-0.39, 0.29) is 11.3 Å². The van der Waals surface area contributed by atoms with Gasteiger partial charge >= 0.3 is 0 Å². The van der Waals surface area contributed by atoms with Crippen LogP contribution in [0.2, 0.25) is 0 Å². The second-order valence-corrected chi connectivity index (χ2v) is 8.60. The number of halogens is 1. The van der Waals surface area contributed by atoms with Crippen LogP contribution in [-0.4, -0.2) is 11.3 Å². The minimum absolute atomic E-state index is 0.252. The molecule has 16 heavy (non-hydrogen) atoms. The Kier molecular flexibility index (Phi) is 4.76. The average Bonchev–Trinajstić information content (AvgIpc) is 2.40. The largest absolute Gasteiger partial charge is 0.291 e. The standard InChI is InChI=1S/C12H22ClO2P/c13-15-16(14,11-7-3-1-4-8-11)12-9-5-2-6-10-12/h11-12H,1-10H2. The zero-order valence-electron chi connectivity index (χ0n) is 9.87. The summed E-state index contributed by atoms with van der Waals surface area (Å²) in [4.78, 5) is 0. The third kappa shape index (κ3) is 2.66. The molecule has 0 aromatic carbocycles. The summed E-state index contributed by atoms with van der Waals surface area (Å²) >= 11 is 5.61. The molecular formula is C12H22ClO2P. The van der Waals surface area contributed by atoms with E-state index in [0.717, 1.165) is 25.7 Å². The van der Waals surface area contributed by atoms with Gasteiger partial charge in [-0.2, -0.15) is 0 Å². The molecule has 2 aliphatic rings. The van der Waals surface area contributed by atoms with Crippen LogP contribution in [0.4, 0.5) is 0 Å². The van der Waals surface area contributed by atoms with Gasteiger partial charge in [-0.05, 0) is 25.7 Å². The molecule has 0 bridgehead atoms. The Hall–Kier alpha value is 0.480. The Bertz CT molecular complexity index is 236. The summed E-state index contributed by atoms with van der Waals surface area (Å²) in [5.41, 5.74) is 0.503. The van der Waals surface area contributed by atoms with Gasteiger partial charge in [0.1, 0.15) is 0 Å². The Morgan fingerprint density at radius 1 is 0.812 bits per heavy atom. The van der Waals surface area contributed by atoms with Crippen molar-refractivity contribution in [1.82, 2.24) is 0 Å². The normalized spacial score (nSPS) is 25.8. The molecule has 0 amide bonds. The maximum Gasteiger partial charge on any atom is 0.227 e. The zero-order valence-corrected chi connectivity index (χ0v) is 11.5. The summed E-state index contributed by atoms with van der Waals surface area (Å²) < 4.78 is 18.0. The quantitative estimate of drug-likeness (QED) is 0.663. The molecule has 0 aliphatic heterocycles. The smallest absolute Gasteiger partial charge is 0.227 e. The summed E-state index contributed by atoms with van der Waals surface area (Å²) in [6.45, 7) is 0. The second-order valence-electron chi connectivity index (χ2n) is 5.30. The molecule has 2 nitrogen and oxygen atoms in total. The zero-order chi connectivity index (χ0) is 11.4.